The number of nitrogens with one attached hydrogen (secondary N) is 4. The van der Waals surface area contributed by atoms with E-state index in [9.17, 15) is 23.1 Å². The van der Waals surface area contributed by atoms with Crippen molar-refractivity contribution in [1.29, 1.82) is 0 Å². The number of aryl methyl sites for hydroxylation is 5. The van der Waals surface area contributed by atoms with Gasteiger partial charge in [-0.25, -0.2) is 18.2 Å². The van der Waals surface area contributed by atoms with Crippen LogP contribution >= 0.6 is 0 Å². The number of nitrogens with zero attached hydrogens (tertiary/aromatic N) is 1. The fourth-order valence-electron chi connectivity index (χ4n) is 5.46. The summed E-state index contributed by atoms with van der Waals surface area (Å²) in [5, 5.41) is 15.4. The van der Waals surface area contributed by atoms with Crippen molar-refractivity contribution in [1.82, 2.24) is 14.7 Å². The van der Waals surface area contributed by atoms with Gasteiger partial charge in [0.05, 0.1) is 15.9 Å². The third kappa shape index (κ3) is 7.22. The Bertz CT molecular complexity index is 1970. The van der Waals surface area contributed by atoms with Gasteiger partial charge in [-0.15, -0.1) is 0 Å². The number of hydrogen-bond acceptors (Lipinski definition) is 5. The average molecular weight is 626 g/mol. The maximum Gasteiger partial charge on any atom is 0.326 e. The molecule has 45 heavy (non-hydrogen) atoms. The molecule has 0 bridgehead atoms. The lowest BCUT2D eigenvalue weighted by Crippen LogP contribution is -2.42. The molecule has 2 amide bonds. The summed E-state index contributed by atoms with van der Waals surface area (Å²) >= 11 is 0. The molecule has 4 aromatic carbocycles. The van der Waals surface area contributed by atoms with Crippen molar-refractivity contribution in [3.8, 4) is 11.1 Å². The number of imidazole rings is 1. The minimum absolute atomic E-state index is 0.0402. The second kappa shape index (κ2) is 12.5. The van der Waals surface area contributed by atoms with Crippen LogP contribution in [0, 0.1) is 34.6 Å². The third-order valence-corrected chi connectivity index (χ3v) is 9.42. The molecule has 0 spiro atoms. The SMILES string of the molecule is Cc1cc(C)c(S(=O)(=O)NC(Cc2ccc(-c3cccc(NC(=O)Nc4nc5cc(C)c(C)cc5[nH]4)c3)cc2)C(=O)O)c(C)c1. The van der Waals surface area contributed by atoms with Crippen LogP contribution in [0.15, 0.2) is 77.7 Å². The number of hydrogen-bond donors (Lipinski definition) is 5. The summed E-state index contributed by atoms with van der Waals surface area (Å²) in [6.07, 6.45) is -0.0402. The van der Waals surface area contributed by atoms with Gasteiger partial charge in [-0.05, 0) is 104 Å². The molecule has 5 aromatic rings. The van der Waals surface area contributed by atoms with Crippen LogP contribution in [0.1, 0.15) is 33.4 Å². The van der Waals surface area contributed by atoms with Crippen molar-refractivity contribution in [3.63, 3.8) is 0 Å². The molecule has 0 radical (unpaired) electrons. The number of rotatable bonds is 9. The molecule has 5 rings (SSSR count). The number of sulfonamides is 1. The van der Waals surface area contributed by atoms with Crippen LogP contribution in [-0.2, 0) is 21.2 Å². The van der Waals surface area contributed by atoms with Crippen molar-refractivity contribution in [2.45, 2.75) is 52.0 Å². The Kier molecular flexibility index (Phi) is 8.76. The lowest BCUT2D eigenvalue weighted by molar-refractivity contribution is -0.138. The number of carbonyl (C=O) groups is 2. The van der Waals surface area contributed by atoms with Crippen LogP contribution < -0.4 is 15.4 Å². The van der Waals surface area contributed by atoms with Gasteiger partial charge in [-0.2, -0.15) is 4.72 Å². The predicted molar refractivity (Wildman–Crippen MR) is 176 cm³/mol. The number of amides is 2. The Hall–Kier alpha value is -5.00. The minimum Gasteiger partial charge on any atom is -0.480 e. The first-order valence-corrected chi connectivity index (χ1v) is 15.8. The van der Waals surface area contributed by atoms with Crippen LogP contribution in [0.25, 0.3) is 22.2 Å². The van der Waals surface area contributed by atoms with E-state index < -0.39 is 28.1 Å². The van der Waals surface area contributed by atoms with Gasteiger partial charge >= 0.3 is 12.0 Å². The number of carboxylic acid groups (broad SMARTS) is 1. The molecule has 1 heterocycles. The standard InChI is InChI=1S/C34H35N5O5S/c1-19-13-22(4)31(23(5)14-19)45(43,44)39-30(32(40)41)17-24-9-11-25(12-10-24)26-7-6-8-27(18-26)35-34(42)38-33-36-28-15-20(2)21(3)16-29(28)37-33/h6-16,18,30,39H,17H2,1-5H3,(H,40,41)(H3,35,36,37,38,42). The van der Waals surface area contributed by atoms with Crippen molar-refractivity contribution in [2.24, 2.45) is 0 Å². The third-order valence-electron chi connectivity index (χ3n) is 7.65. The molecule has 11 heteroatoms. The maximum atomic E-state index is 13.2. The van der Waals surface area contributed by atoms with Gasteiger partial charge in [0.25, 0.3) is 0 Å². The summed E-state index contributed by atoms with van der Waals surface area (Å²) in [5.74, 6) is -0.930. The Balaban J connectivity index is 1.26. The first-order valence-electron chi connectivity index (χ1n) is 14.4. The number of carbonyl (C=O) groups excluding carboxylic acids is 1. The number of fused-ring (bicyclic) bond motifs is 1. The van der Waals surface area contributed by atoms with Crippen molar-refractivity contribution in [3.05, 3.63) is 106 Å². The Labute approximate surface area is 262 Å². The van der Waals surface area contributed by atoms with Crippen LogP contribution in [0.4, 0.5) is 16.4 Å². The van der Waals surface area contributed by atoms with E-state index in [1.807, 2.05) is 63.2 Å². The van der Waals surface area contributed by atoms with E-state index >= 15 is 0 Å². The highest BCUT2D eigenvalue weighted by molar-refractivity contribution is 7.89. The lowest BCUT2D eigenvalue weighted by Gasteiger charge is -2.18. The van der Waals surface area contributed by atoms with E-state index in [2.05, 4.69) is 25.3 Å². The summed E-state index contributed by atoms with van der Waals surface area (Å²) < 4.78 is 28.8. The molecule has 1 aromatic heterocycles. The van der Waals surface area contributed by atoms with Gasteiger partial charge in [0.1, 0.15) is 6.04 Å². The van der Waals surface area contributed by atoms with Gasteiger partial charge < -0.3 is 15.4 Å². The topological polar surface area (TPSA) is 153 Å². The molecule has 0 saturated carbocycles. The molecule has 5 N–H and O–H groups in total. The zero-order valence-electron chi connectivity index (χ0n) is 25.6. The molecule has 0 aliphatic carbocycles. The Morgan fingerprint density at radius 3 is 2.16 bits per heavy atom. The number of anilines is 2. The molecule has 10 nitrogen and oxygen atoms in total. The van der Waals surface area contributed by atoms with Crippen LogP contribution in [0.3, 0.4) is 0 Å². The quantitative estimate of drug-likeness (QED) is 0.128. The smallest absolute Gasteiger partial charge is 0.326 e. The first-order chi connectivity index (χ1) is 21.3. The molecular weight excluding hydrogens is 590 g/mol. The van der Waals surface area contributed by atoms with Crippen LogP contribution in [-0.4, -0.2) is 41.5 Å². The monoisotopic (exact) mass is 625 g/mol. The van der Waals surface area contributed by atoms with Gasteiger partial charge in [0.2, 0.25) is 16.0 Å². The molecule has 1 atom stereocenters. The number of H-pyrrole nitrogens is 1. The van der Waals surface area contributed by atoms with Crippen molar-refractivity contribution >= 4 is 44.7 Å². The van der Waals surface area contributed by atoms with Gasteiger partial charge in [-0.3, -0.25) is 10.1 Å². The van der Waals surface area contributed by atoms with E-state index in [0.717, 1.165) is 38.9 Å². The molecule has 0 aliphatic heterocycles. The first kappa shape index (κ1) is 31.4. The number of urea groups is 1. The molecular formula is C34H35N5O5S. The van der Waals surface area contributed by atoms with E-state index in [0.29, 0.717) is 28.3 Å². The molecule has 0 fully saturated rings. The van der Waals surface area contributed by atoms with Gasteiger partial charge in [0.15, 0.2) is 0 Å². The summed E-state index contributed by atoms with van der Waals surface area (Å²) in [6, 6.07) is 20.1. The van der Waals surface area contributed by atoms with Crippen LogP contribution in [0.5, 0.6) is 0 Å². The fourth-order valence-corrected chi connectivity index (χ4v) is 7.10. The summed E-state index contributed by atoms with van der Waals surface area (Å²) in [6.45, 7) is 9.30. The van der Waals surface area contributed by atoms with Crippen molar-refractivity contribution < 1.29 is 23.1 Å². The van der Waals surface area contributed by atoms with E-state index in [1.54, 1.807) is 44.2 Å². The normalized spacial score (nSPS) is 12.2. The van der Waals surface area contributed by atoms with E-state index in [4.69, 9.17) is 0 Å². The highest BCUT2D eigenvalue weighted by atomic mass is 32.2. The zero-order chi connectivity index (χ0) is 32.5. The highest BCUT2D eigenvalue weighted by Gasteiger charge is 2.28. The zero-order valence-corrected chi connectivity index (χ0v) is 26.5. The largest absolute Gasteiger partial charge is 0.480 e. The second-order valence-corrected chi connectivity index (χ2v) is 13.0. The fraction of sp³-hybridized carbons (Fsp3) is 0.206. The lowest BCUT2D eigenvalue weighted by atomic mass is 10.0. The van der Waals surface area contributed by atoms with Crippen LogP contribution in [0.2, 0.25) is 0 Å². The number of aromatic amines is 1. The van der Waals surface area contributed by atoms with E-state index in [-0.39, 0.29) is 11.3 Å². The number of benzene rings is 4. The Morgan fingerprint density at radius 2 is 1.49 bits per heavy atom. The summed E-state index contributed by atoms with van der Waals surface area (Å²) in [4.78, 5) is 32.4. The summed E-state index contributed by atoms with van der Waals surface area (Å²) in [7, 11) is -4.08. The minimum atomic E-state index is -4.08. The molecule has 232 valence electrons. The Morgan fingerprint density at radius 1 is 0.822 bits per heavy atom. The number of aromatic nitrogens is 2. The van der Waals surface area contributed by atoms with E-state index in [1.165, 1.54) is 0 Å². The van der Waals surface area contributed by atoms with Gasteiger partial charge in [-0.1, -0.05) is 54.1 Å². The molecule has 0 saturated heterocycles. The number of aliphatic carboxylic acids is 1. The summed E-state index contributed by atoms with van der Waals surface area (Å²) in [5.41, 5.74) is 8.77. The van der Waals surface area contributed by atoms with Crippen molar-refractivity contribution in [2.75, 3.05) is 10.6 Å². The molecule has 1 unspecified atom stereocenters. The predicted octanol–water partition coefficient (Wildman–Crippen LogP) is 6.39. The maximum absolute atomic E-state index is 13.2. The highest BCUT2D eigenvalue weighted by Crippen LogP contribution is 2.25. The van der Waals surface area contributed by atoms with Gasteiger partial charge in [0, 0.05) is 5.69 Å². The number of carboxylic acids is 1. The molecule has 0 aliphatic rings. The average Bonchev–Trinajstić information content (AvgIpc) is 3.32. The second-order valence-electron chi connectivity index (χ2n) is 11.3.